The molecule has 0 saturated carbocycles. The Morgan fingerprint density at radius 2 is 1.38 bits per heavy atom. The van der Waals surface area contributed by atoms with Crippen molar-refractivity contribution in [1.29, 1.82) is 0 Å². The van der Waals surface area contributed by atoms with Gasteiger partial charge in [-0.15, -0.1) is 0 Å². The molecule has 5 nitrogen and oxygen atoms in total. The summed E-state index contributed by atoms with van der Waals surface area (Å²) in [5, 5.41) is 2.49. The minimum Gasteiger partial charge on any atom is -0.354 e. The molecule has 0 saturated heterocycles. The topological polar surface area (TPSA) is 69.0 Å². The molecule has 2 aromatic heterocycles. The van der Waals surface area contributed by atoms with Crippen molar-refractivity contribution in [3.63, 3.8) is 0 Å². The number of hydrogen-bond acceptors (Lipinski definition) is 3. The molecule has 5 heteroatoms. The molecule has 0 amide bonds. The summed E-state index contributed by atoms with van der Waals surface area (Å²) >= 11 is 0. The van der Waals surface area contributed by atoms with Gasteiger partial charge in [0.05, 0.1) is 16.6 Å². The lowest BCUT2D eigenvalue weighted by atomic mass is 10.0. The molecule has 144 valence electrons. The number of aromatic amines is 2. The normalized spacial score (nSPS) is 12.0. The third kappa shape index (κ3) is 2.82. The monoisotopic (exact) mass is 383 g/mol. The molecule has 0 aliphatic heterocycles. The fourth-order valence-electron chi connectivity index (χ4n) is 4.03. The summed E-state index contributed by atoms with van der Waals surface area (Å²) in [5.74, 6) is 0. The highest BCUT2D eigenvalue weighted by Crippen LogP contribution is 2.23. The van der Waals surface area contributed by atoms with Crippen molar-refractivity contribution in [2.45, 2.75) is 6.42 Å². The van der Waals surface area contributed by atoms with E-state index in [9.17, 15) is 9.59 Å². The smallest absolute Gasteiger partial charge is 0.197 e. The van der Waals surface area contributed by atoms with Crippen LogP contribution in [-0.4, -0.2) is 35.5 Å². The fraction of sp³-hybridized carbons (Fsp3) is 0.167. The molecule has 0 fully saturated rings. The first-order valence-electron chi connectivity index (χ1n) is 9.70. The largest absolute Gasteiger partial charge is 0.354 e. The molecule has 0 spiro atoms. The molecule has 0 unspecified atom stereocenters. The van der Waals surface area contributed by atoms with E-state index in [0.717, 1.165) is 29.6 Å². The van der Waals surface area contributed by atoms with Gasteiger partial charge >= 0.3 is 0 Å². The fourth-order valence-corrected chi connectivity index (χ4v) is 4.03. The first-order valence-corrected chi connectivity index (χ1v) is 9.70. The Morgan fingerprint density at radius 1 is 0.724 bits per heavy atom. The van der Waals surface area contributed by atoms with E-state index in [1.54, 1.807) is 12.1 Å². The maximum atomic E-state index is 13.2. The molecule has 0 aliphatic rings. The summed E-state index contributed by atoms with van der Waals surface area (Å²) < 4.78 is 0. The predicted molar refractivity (Wildman–Crippen MR) is 120 cm³/mol. The van der Waals surface area contributed by atoms with E-state index < -0.39 is 0 Å². The number of para-hydroxylation sites is 2. The highest BCUT2D eigenvalue weighted by atomic mass is 16.1. The van der Waals surface area contributed by atoms with Crippen LogP contribution in [0.3, 0.4) is 0 Å². The summed E-state index contributed by atoms with van der Waals surface area (Å²) in [7, 11) is 4.07. The Bertz CT molecular complexity index is 1530. The molecule has 2 N–H and O–H groups in total. The van der Waals surface area contributed by atoms with Gasteiger partial charge in [0.2, 0.25) is 0 Å². The number of rotatable bonds is 3. The molecule has 29 heavy (non-hydrogen) atoms. The summed E-state index contributed by atoms with van der Waals surface area (Å²) in [6, 6.07) is 16.9. The van der Waals surface area contributed by atoms with Crippen LogP contribution in [0.2, 0.25) is 0 Å². The van der Waals surface area contributed by atoms with Gasteiger partial charge in [-0.05, 0) is 56.4 Å². The molecule has 0 bridgehead atoms. The second kappa shape index (κ2) is 6.57. The average Bonchev–Trinajstić information content (AvgIpc) is 2.72. The molecule has 3 aromatic carbocycles. The molecular weight excluding hydrogens is 362 g/mol. The average molecular weight is 383 g/mol. The SMILES string of the molecule is CN(C)CCc1cccc2c(=O)c3cc4[nH]c5ccccc5c(=O)c4cc3[nH]c12. The van der Waals surface area contributed by atoms with Crippen LogP contribution in [0, 0.1) is 0 Å². The zero-order chi connectivity index (χ0) is 20.1. The predicted octanol–water partition coefficient (Wildman–Crippen LogP) is 3.78. The van der Waals surface area contributed by atoms with Crippen LogP contribution in [0.25, 0.3) is 43.6 Å². The van der Waals surface area contributed by atoms with Gasteiger partial charge in [-0.3, -0.25) is 9.59 Å². The third-order valence-corrected chi connectivity index (χ3v) is 5.57. The van der Waals surface area contributed by atoms with Crippen LogP contribution in [0.4, 0.5) is 0 Å². The van der Waals surface area contributed by atoms with E-state index in [1.807, 2.05) is 50.5 Å². The van der Waals surface area contributed by atoms with Crippen molar-refractivity contribution in [1.82, 2.24) is 14.9 Å². The van der Waals surface area contributed by atoms with E-state index in [0.29, 0.717) is 32.6 Å². The molecule has 5 aromatic rings. The van der Waals surface area contributed by atoms with Gasteiger partial charge < -0.3 is 14.9 Å². The quantitative estimate of drug-likeness (QED) is 0.466. The van der Waals surface area contributed by atoms with Crippen LogP contribution >= 0.6 is 0 Å². The highest BCUT2D eigenvalue weighted by Gasteiger charge is 2.12. The van der Waals surface area contributed by atoms with E-state index >= 15 is 0 Å². The van der Waals surface area contributed by atoms with Gasteiger partial charge in [0.1, 0.15) is 0 Å². The number of nitrogens with zero attached hydrogens (tertiary/aromatic N) is 1. The Kier molecular flexibility index (Phi) is 4.00. The van der Waals surface area contributed by atoms with Gasteiger partial charge in [-0.25, -0.2) is 0 Å². The Labute approximate surface area is 166 Å². The molecule has 5 rings (SSSR count). The van der Waals surface area contributed by atoms with E-state index in [-0.39, 0.29) is 10.9 Å². The zero-order valence-electron chi connectivity index (χ0n) is 16.4. The van der Waals surface area contributed by atoms with E-state index in [4.69, 9.17) is 0 Å². The lowest BCUT2D eigenvalue weighted by Gasteiger charge is -2.12. The highest BCUT2D eigenvalue weighted by molar-refractivity contribution is 6.03. The van der Waals surface area contributed by atoms with Crippen LogP contribution < -0.4 is 10.9 Å². The van der Waals surface area contributed by atoms with Crippen LogP contribution in [-0.2, 0) is 6.42 Å². The van der Waals surface area contributed by atoms with Crippen molar-refractivity contribution in [3.05, 3.63) is 80.6 Å². The molecule has 0 radical (unpaired) electrons. The number of hydrogen-bond donors (Lipinski definition) is 2. The Morgan fingerprint density at radius 3 is 2.14 bits per heavy atom. The van der Waals surface area contributed by atoms with Gasteiger partial charge in [0.25, 0.3) is 0 Å². The number of fused-ring (bicyclic) bond motifs is 4. The second-order valence-corrected chi connectivity index (χ2v) is 7.79. The number of pyridine rings is 2. The van der Waals surface area contributed by atoms with Gasteiger partial charge in [0, 0.05) is 33.6 Å². The van der Waals surface area contributed by atoms with Gasteiger partial charge in [-0.1, -0.05) is 24.3 Å². The van der Waals surface area contributed by atoms with Crippen LogP contribution in [0.15, 0.2) is 64.2 Å². The van der Waals surface area contributed by atoms with Crippen molar-refractivity contribution >= 4 is 43.6 Å². The number of benzene rings is 3. The number of likely N-dealkylation sites (N-methyl/N-ethyl adjacent to an activating group) is 1. The summed E-state index contributed by atoms with van der Waals surface area (Å²) in [5.41, 5.74) is 4.04. The standard InChI is InChI=1S/C24H21N3O2/c1-27(2)11-10-14-6-5-8-16-22(14)26-21-13-17-20(12-18(21)24(16)29)25-19-9-4-3-7-15(19)23(17)28/h3-9,12-13H,10-11H2,1-2H3,(H,25,28)(H,26,29). The molecule has 2 heterocycles. The molecule has 0 atom stereocenters. The van der Waals surface area contributed by atoms with Crippen molar-refractivity contribution in [2.75, 3.05) is 20.6 Å². The first kappa shape index (κ1) is 17.6. The van der Waals surface area contributed by atoms with Gasteiger partial charge in [0.15, 0.2) is 10.9 Å². The van der Waals surface area contributed by atoms with Crippen molar-refractivity contribution in [3.8, 4) is 0 Å². The lowest BCUT2D eigenvalue weighted by Crippen LogP contribution is -2.16. The Balaban J connectivity index is 1.86. The number of nitrogens with one attached hydrogen (secondary N) is 2. The summed E-state index contributed by atoms with van der Waals surface area (Å²) in [6.45, 7) is 0.891. The van der Waals surface area contributed by atoms with Gasteiger partial charge in [-0.2, -0.15) is 0 Å². The summed E-state index contributed by atoms with van der Waals surface area (Å²) in [4.78, 5) is 35.1. The van der Waals surface area contributed by atoms with Crippen molar-refractivity contribution < 1.29 is 0 Å². The van der Waals surface area contributed by atoms with E-state index in [2.05, 4.69) is 20.9 Å². The van der Waals surface area contributed by atoms with Crippen LogP contribution in [0.1, 0.15) is 5.56 Å². The van der Waals surface area contributed by atoms with Crippen molar-refractivity contribution in [2.24, 2.45) is 0 Å². The first-order chi connectivity index (χ1) is 14.0. The Hall–Kier alpha value is -3.44. The molecule has 0 aliphatic carbocycles. The minimum atomic E-state index is -0.0295. The summed E-state index contributed by atoms with van der Waals surface area (Å²) in [6.07, 6.45) is 0.838. The van der Waals surface area contributed by atoms with Crippen LogP contribution in [0.5, 0.6) is 0 Å². The lowest BCUT2D eigenvalue weighted by molar-refractivity contribution is 0.414. The minimum absolute atomic E-state index is 0.0173. The number of H-pyrrole nitrogens is 2. The zero-order valence-corrected chi connectivity index (χ0v) is 16.4. The maximum absolute atomic E-state index is 13.2. The third-order valence-electron chi connectivity index (χ3n) is 5.57. The molecular formula is C24H21N3O2. The van der Waals surface area contributed by atoms with E-state index in [1.165, 1.54) is 0 Å². The second-order valence-electron chi connectivity index (χ2n) is 7.79. The number of aromatic nitrogens is 2. The maximum Gasteiger partial charge on any atom is 0.197 e.